The molecule has 7 nitrogen and oxygen atoms in total. The molecule has 0 aliphatic carbocycles. The van der Waals surface area contributed by atoms with Gasteiger partial charge in [-0.2, -0.15) is 0 Å². The Morgan fingerprint density at radius 1 is 1.18 bits per heavy atom. The molecule has 34 heavy (non-hydrogen) atoms. The van der Waals surface area contributed by atoms with E-state index in [-0.39, 0.29) is 23.4 Å². The van der Waals surface area contributed by atoms with Gasteiger partial charge in [-0.3, -0.25) is 9.59 Å². The molecule has 0 radical (unpaired) electrons. The van der Waals surface area contributed by atoms with E-state index in [1.165, 1.54) is 36.3 Å². The number of ketones is 1. The number of aliphatic hydroxyl groups is 1. The number of nitrogens with zero attached hydrogens (tertiary/aromatic N) is 2. The maximum absolute atomic E-state index is 14.9. The van der Waals surface area contributed by atoms with Crippen LogP contribution in [-0.4, -0.2) is 59.9 Å². The average molecular weight is 467 g/mol. The molecule has 8 heteroatoms. The Labute approximate surface area is 197 Å². The first kappa shape index (κ1) is 23.5. The third kappa shape index (κ3) is 4.05. The van der Waals surface area contributed by atoms with Crippen LogP contribution in [0.4, 0.5) is 4.39 Å². The molecular weight excluding hydrogens is 439 g/mol. The van der Waals surface area contributed by atoms with Crippen LogP contribution in [0.5, 0.6) is 5.75 Å². The van der Waals surface area contributed by atoms with Crippen LogP contribution < -0.4 is 4.74 Å². The Hall–Kier alpha value is -3.65. The number of para-hydroxylation sites is 1. The molecule has 0 bridgehead atoms. The molecule has 0 fully saturated rings. The summed E-state index contributed by atoms with van der Waals surface area (Å²) in [4.78, 5) is 30.1. The molecule has 2 aromatic carbocycles. The van der Waals surface area contributed by atoms with Gasteiger partial charge in [-0.25, -0.2) is 4.39 Å². The molecule has 4 rings (SSSR count). The molecular formula is C26H27FN2O5. The second kappa shape index (κ2) is 9.69. The van der Waals surface area contributed by atoms with Crippen LogP contribution in [0.3, 0.4) is 0 Å². The highest BCUT2D eigenvalue weighted by atomic mass is 19.1. The number of ether oxygens (including phenoxy) is 1. The van der Waals surface area contributed by atoms with Crippen molar-refractivity contribution in [2.24, 2.45) is 0 Å². The number of amides is 1. The number of likely N-dealkylation sites (N-methyl/N-ethyl adjacent to an activating group) is 1. The predicted octanol–water partition coefficient (Wildman–Crippen LogP) is 4.50. The number of Topliss-reactive ketones (excluding diaryl/α,β-unsaturated/α-hetero) is 1. The maximum Gasteiger partial charge on any atom is 0.290 e. The van der Waals surface area contributed by atoms with Crippen molar-refractivity contribution < 1.29 is 28.2 Å². The lowest BCUT2D eigenvalue weighted by Crippen LogP contribution is -2.39. The topological polar surface area (TPSA) is 83.2 Å². The van der Waals surface area contributed by atoms with Crippen molar-refractivity contribution in [3.63, 3.8) is 0 Å². The van der Waals surface area contributed by atoms with Crippen molar-refractivity contribution in [1.82, 2.24) is 9.80 Å². The van der Waals surface area contributed by atoms with Crippen molar-refractivity contribution in [2.45, 2.75) is 19.9 Å². The number of methoxy groups -OCH3 is 1. The van der Waals surface area contributed by atoms with Gasteiger partial charge in [0.05, 0.1) is 18.7 Å². The molecule has 0 spiro atoms. The van der Waals surface area contributed by atoms with E-state index < -0.39 is 29.3 Å². The van der Waals surface area contributed by atoms with E-state index in [0.29, 0.717) is 23.3 Å². The summed E-state index contributed by atoms with van der Waals surface area (Å²) >= 11 is 0. The van der Waals surface area contributed by atoms with Gasteiger partial charge in [0.15, 0.2) is 22.9 Å². The lowest BCUT2D eigenvalue weighted by Gasteiger charge is -2.29. The Bertz CT molecular complexity index is 1260. The molecule has 3 aromatic rings. The first-order valence-electron chi connectivity index (χ1n) is 11.2. The SMILES string of the molecule is CCN(CC)CCN1C(=O)C(O)=C(C(=O)c2cc3cccc(OC)c3o2)C1c1ccccc1F. The lowest BCUT2D eigenvalue weighted by atomic mass is 9.94. The molecule has 0 saturated heterocycles. The van der Waals surface area contributed by atoms with Gasteiger partial charge in [-0.05, 0) is 31.3 Å². The third-order valence-corrected chi connectivity index (χ3v) is 6.25. The summed E-state index contributed by atoms with van der Waals surface area (Å²) in [5, 5.41) is 11.4. The second-order valence-corrected chi connectivity index (χ2v) is 8.03. The number of hydrogen-bond donors (Lipinski definition) is 1. The number of benzene rings is 2. The lowest BCUT2D eigenvalue weighted by molar-refractivity contribution is -0.129. The highest BCUT2D eigenvalue weighted by Crippen LogP contribution is 2.40. The normalized spacial score (nSPS) is 16.2. The maximum atomic E-state index is 14.9. The molecule has 1 aromatic heterocycles. The van der Waals surface area contributed by atoms with E-state index in [9.17, 15) is 19.1 Å². The van der Waals surface area contributed by atoms with Gasteiger partial charge in [-0.15, -0.1) is 0 Å². The van der Waals surface area contributed by atoms with Gasteiger partial charge >= 0.3 is 0 Å². The van der Waals surface area contributed by atoms with E-state index in [1.54, 1.807) is 24.3 Å². The fourth-order valence-corrected chi connectivity index (χ4v) is 4.37. The Kier molecular flexibility index (Phi) is 6.70. The fourth-order valence-electron chi connectivity index (χ4n) is 4.37. The van der Waals surface area contributed by atoms with E-state index in [0.717, 1.165) is 13.1 Å². The van der Waals surface area contributed by atoms with Crippen molar-refractivity contribution in [3.05, 3.63) is 77.0 Å². The molecule has 1 aliphatic heterocycles. The first-order valence-corrected chi connectivity index (χ1v) is 11.2. The summed E-state index contributed by atoms with van der Waals surface area (Å²) in [6.07, 6.45) is 0. The van der Waals surface area contributed by atoms with E-state index in [4.69, 9.17) is 9.15 Å². The van der Waals surface area contributed by atoms with Gasteiger partial charge in [-0.1, -0.05) is 44.2 Å². The van der Waals surface area contributed by atoms with Crippen molar-refractivity contribution >= 4 is 22.7 Å². The molecule has 178 valence electrons. The van der Waals surface area contributed by atoms with Gasteiger partial charge in [0.1, 0.15) is 5.82 Å². The minimum Gasteiger partial charge on any atom is -0.503 e. The summed E-state index contributed by atoms with van der Waals surface area (Å²) in [5.74, 6) is -2.27. The second-order valence-electron chi connectivity index (χ2n) is 8.03. The summed E-state index contributed by atoms with van der Waals surface area (Å²) in [5.41, 5.74) is 0.308. The zero-order chi connectivity index (χ0) is 24.4. The van der Waals surface area contributed by atoms with E-state index >= 15 is 0 Å². The molecule has 0 saturated carbocycles. The number of fused-ring (bicyclic) bond motifs is 1. The number of hydrogen-bond acceptors (Lipinski definition) is 6. The van der Waals surface area contributed by atoms with Crippen LogP contribution in [0.1, 0.15) is 36.0 Å². The van der Waals surface area contributed by atoms with Gasteiger partial charge in [0.25, 0.3) is 5.91 Å². The standard InChI is InChI=1S/C26H27FN2O5/c1-4-28(5-2)13-14-29-22(17-10-6-7-11-18(17)27)21(24(31)26(29)32)23(30)20-15-16-9-8-12-19(33-3)25(16)34-20/h6-12,15,22,31H,4-5,13-14H2,1-3H3. The summed E-state index contributed by atoms with van der Waals surface area (Å²) < 4.78 is 26.0. The molecule has 1 N–H and O–H groups in total. The molecule has 1 unspecified atom stereocenters. The third-order valence-electron chi connectivity index (χ3n) is 6.25. The smallest absolute Gasteiger partial charge is 0.290 e. The summed E-state index contributed by atoms with van der Waals surface area (Å²) in [7, 11) is 1.49. The van der Waals surface area contributed by atoms with Crippen LogP contribution in [0.15, 0.2) is 64.3 Å². The number of halogens is 1. The molecule has 1 amide bonds. The quantitative estimate of drug-likeness (QED) is 0.468. The number of rotatable bonds is 9. The van der Waals surface area contributed by atoms with Gasteiger partial charge in [0.2, 0.25) is 5.78 Å². The average Bonchev–Trinajstić information content (AvgIpc) is 3.39. The highest BCUT2D eigenvalue weighted by Gasteiger charge is 2.45. The molecule has 1 aliphatic rings. The minimum absolute atomic E-state index is 0.0687. The molecule has 1 atom stereocenters. The number of carbonyl (C=O) groups excluding carboxylic acids is 2. The Morgan fingerprint density at radius 3 is 2.59 bits per heavy atom. The van der Waals surface area contributed by atoms with Crippen molar-refractivity contribution in [3.8, 4) is 5.75 Å². The fraction of sp³-hybridized carbons (Fsp3) is 0.308. The summed E-state index contributed by atoms with van der Waals surface area (Å²) in [6.45, 7) is 6.28. The van der Waals surface area contributed by atoms with Gasteiger partial charge in [0, 0.05) is 24.0 Å². The number of carbonyl (C=O) groups is 2. The number of aliphatic hydroxyl groups excluding tert-OH is 1. The Balaban J connectivity index is 1.78. The van der Waals surface area contributed by atoms with Crippen LogP contribution in [0.25, 0.3) is 11.0 Å². The van der Waals surface area contributed by atoms with Crippen molar-refractivity contribution in [2.75, 3.05) is 33.3 Å². The predicted molar refractivity (Wildman–Crippen MR) is 125 cm³/mol. The number of furan rings is 1. The largest absolute Gasteiger partial charge is 0.503 e. The first-order chi connectivity index (χ1) is 16.4. The summed E-state index contributed by atoms with van der Waals surface area (Å²) in [6, 6.07) is 11.6. The zero-order valence-electron chi connectivity index (χ0n) is 19.4. The van der Waals surface area contributed by atoms with Crippen LogP contribution >= 0.6 is 0 Å². The van der Waals surface area contributed by atoms with Gasteiger partial charge < -0.3 is 24.1 Å². The van der Waals surface area contributed by atoms with Crippen LogP contribution in [-0.2, 0) is 4.79 Å². The van der Waals surface area contributed by atoms with E-state index in [1.807, 2.05) is 13.8 Å². The Morgan fingerprint density at radius 2 is 1.91 bits per heavy atom. The molecule has 2 heterocycles. The minimum atomic E-state index is -1.08. The van der Waals surface area contributed by atoms with E-state index in [2.05, 4.69) is 4.90 Å². The van der Waals surface area contributed by atoms with Crippen LogP contribution in [0.2, 0.25) is 0 Å². The monoisotopic (exact) mass is 466 g/mol. The van der Waals surface area contributed by atoms with Crippen LogP contribution in [0, 0.1) is 5.82 Å². The highest BCUT2D eigenvalue weighted by molar-refractivity contribution is 6.16. The zero-order valence-corrected chi connectivity index (χ0v) is 19.4. The van der Waals surface area contributed by atoms with Crippen molar-refractivity contribution in [1.29, 1.82) is 0 Å².